The minimum absolute atomic E-state index is 0.0113. The van der Waals surface area contributed by atoms with Gasteiger partial charge in [-0.3, -0.25) is 0 Å². The van der Waals surface area contributed by atoms with Crippen LogP contribution in [0.4, 0.5) is 5.69 Å². The van der Waals surface area contributed by atoms with Crippen molar-refractivity contribution in [2.75, 3.05) is 31.1 Å². The van der Waals surface area contributed by atoms with Gasteiger partial charge in [0.05, 0.1) is 18.2 Å². The Labute approximate surface area is 174 Å². The highest BCUT2D eigenvalue weighted by Gasteiger charge is 2.16. The van der Waals surface area contributed by atoms with E-state index in [2.05, 4.69) is 14.9 Å². The number of nitriles is 1. The van der Waals surface area contributed by atoms with Gasteiger partial charge >= 0.3 is 5.97 Å². The van der Waals surface area contributed by atoms with E-state index < -0.39 is 5.97 Å². The van der Waals surface area contributed by atoms with Crippen LogP contribution in [0.3, 0.4) is 0 Å². The highest BCUT2D eigenvalue weighted by Crippen LogP contribution is 2.20. The van der Waals surface area contributed by atoms with Crippen LogP contribution < -0.4 is 9.64 Å². The Balaban J connectivity index is 1.59. The molecule has 2 aromatic carbocycles. The van der Waals surface area contributed by atoms with Crippen molar-refractivity contribution < 1.29 is 14.7 Å². The van der Waals surface area contributed by atoms with Crippen molar-refractivity contribution in [1.29, 1.82) is 5.26 Å². The highest BCUT2D eigenvalue weighted by molar-refractivity contribution is 5.91. The van der Waals surface area contributed by atoms with Gasteiger partial charge in [-0.25, -0.2) is 14.9 Å². The fraction of sp³-hybridized carbons (Fsp3) is 0.182. The molecule has 0 unspecified atom stereocenters. The second-order valence-corrected chi connectivity index (χ2v) is 6.51. The van der Waals surface area contributed by atoms with Gasteiger partial charge in [-0.1, -0.05) is 17.3 Å². The first-order valence-electron chi connectivity index (χ1n) is 9.21. The van der Waals surface area contributed by atoms with Gasteiger partial charge in [0.25, 0.3) is 5.70 Å². The largest absolute Gasteiger partial charge is 0.423 e. The molecular weight excluding hydrogens is 382 g/mol. The first-order chi connectivity index (χ1) is 14.6. The molecule has 1 aliphatic heterocycles. The molecule has 8 nitrogen and oxygen atoms in total. The smallest absolute Gasteiger partial charge is 0.343 e. The molecule has 3 rings (SSSR count). The van der Waals surface area contributed by atoms with Crippen LogP contribution >= 0.6 is 0 Å². The maximum Gasteiger partial charge on any atom is 0.343 e. The average Bonchev–Trinajstić information content (AvgIpc) is 2.79. The van der Waals surface area contributed by atoms with E-state index in [0.29, 0.717) is 16.9 Å². The predicted molar refractivity (Wildman–Crippen MR) is 112 cm³/mol. The number of hydrogen-bond donors (Lipinski definition) is 1. The molecular formula is C22H19N5O3. The van der Waals surface area contributed by atoms with Crippen molar-refractivity contribution in [2.24, 2.45) is 5.16 Å². The number of carbonyl (C=O) groups excluding carboxylic acids is 1. The van der Waals surface area contributed by atoms with Gasteiger partial charge in [-0.05, 0) is 48.0 Å². The summed E-state index contributed by atoms with van der Waals surface area (Å²) in [4.78, 5) is 19.6. The van der Waals surface area contributed by atoms with Crippen LogP contribution in [0.15, 0.2) is 59.4 Å². The lowest BCUT2D eigenvalue weighted by molar-refractivity contribution is 0.0735. The highest BCUT2D eigenvalue weighted by atomic mass is 16.5. The van der Waals surface area contributed by atoms with Crippen LogP contribution in [0, 0.1) is 17.9 Å². The van der Waals surface area contributed by atoms with E-state index >= 15 is 0 Å². The minimum Gasteiger partial charge on any atom is -0.423 e. The Morgan fingerprint density at radius 1 is 1.13 bits per heavy atom. The van der Waals surface area contributed by atoms with Crippen LogP contribution in [0.2, 0.25) is 0 Å². The summed E-state index contributed by atoms with van der Waals surface area (Å²) in [5, 5.41) is 20.5. The van der Waals surface area contributed by atoms with E-state index in [4.69, 9.17) is 21.8 Å². The molecule has 1 fully saturated rings. The molecule has 2 aromatic rings. The number of ether oxygens (including phenoxy) is 1. The van der Waals surface area contributed by atoms with E-state index in [1.165, 1.54) is 12.4 Å². The van der Waals surface area contributed by atoms with Crippen LogP contribution in [0.1, 0.15) is 15.9 Å². The fourth-order valence-electron chi connectivity index (χ4n) is 3.02. The summed E-state index contributed by atoms with van der Waals surface area (Å²) >= 11 is 0. The Morgan fingerprint density at radius 3 is 2.37 bits per heavy atom. The number of benzene rings is 2. The van der Waals surface area contributed by atoms with Gasteiger partial charge in [0.2, 0.25) is 0 Å². The van der Waals surface area contributed by atoms with Crippen molar-refractivity contribution in [3.8, 4) is 11.8 Å². The molecule has 1 heterocycles. The Kier molecular flexibility index (Phi) is 6.65. The van der Waals surface area contributed by atoms with Crippen molar-refractivity contribution in [3.05, 3.63) is 76.8 Å². The molecule has 150 valence electrons. The quantitative estimate of drug-likeness (QED) is 0.121. The number of anilines is 1. The lowest BCUT2D eigenvalue weighted by Crippen LogP contribution is -2.45. The maximum absolute atomic E-state index is 12.4. The normalized spacial score (nSPS) is 14.3. The van der Waals surface area contributed by atoms with Crippen molar-refractivity contribution in [3.63, 3.8) is 0 Å². The third-order valence-electron chi connectivity index (χ3n) is 4.63. The van der Waals surface area contributed by atoms with Gasteiger partial charge in [-0.15, -0.1) is 0 Å². The summed E-state index contributed by atoms with van der Waals surface area (Å²) in [7, 11) is 0. The Hall–Kier alpha value is -4.30. The molecule has 0 aromatic heterocycles. The van der Waals surface area contributed by atoms with Gasteiger partial charge in [0.15, 0.2) is 0 Å². The van der Waals surface area contributed by atoms with Crippen molar-refractivity contribution >= 4 is 24.1 Å². The number of esters is 1. The summed E-state index contributed by atoms with van der Waals surface area (Å²) < 4.78 is 5.40. The Bertz CT molecular complexity index is 1010. The first-order valence-corrected chi connectivity index (χ1v) is 9.21. The monoisotopic (exact) mass is 401 g/mol. The topological polar surface area (TPSA) is 93.5 Å². The molecule has 0 saturated carbocycles. The lowest BCUT2D eigenvalue weighted by Gasteiger charge is -2.34. The van der Waals surface area contributed by atoms with Crippen LogP contribution in [0.5, 0.6) is 5.75 Å². The van der Waals surface area contributed by atoms with E-state index in [-0.39, 0.29) is 5.70 Å². The number of oxime groups is 1. The number of nitrogens with zero attached hydrogens (tertiary/aromatic N) is 5. The first kappa shape index (κ1) is 20.4. The molecule has 0 bridgehead atoms. The number of hydrogen-bond acceptors (Lipinski definition) is 6. The molecule has 1 saturated heterocycles. The predicted octanol–water partition coefficient (Wildman–Crippen LogP) is 3.23. The third-order valence-corrected chi connectivity index (χ3v) is 4.63. The molecule has 30 heavy (non-hydrogen) atoms. The Morgan fingerprint density at radius 2 is 1.80 bits per heavy atom. The van der Waals surface area contributed by atoms with Crippen molar-refractivity contribution in [1.82, 2.24) is 4.90 Å². The summed E-state index contributed by atoms with van der Waals surface area (Å²) in [6, 6.07) is 15.6. The van der Waals surface area contributed by atoms with Gasteiger partial charge in [0.1, 0.15) is 12.1 Å². The van der Waals surface area contributed by atoms with E-state index in [0.717, 1.165) is 31.9 Å². The fourth-order valence-corrected chi connectivity index (χ4v) is 3.02. The minimum atomic E-state index is -0.465. The van der Waals surface area contributed by atoms with E-state index in [1.807, 2.05) is 17.0 Å². The molecule has 0 amide bonds. The average molecular weight is 401 g/mol. The number of allylic oxidation sites excluding steroid dienone is 1. The molecule has 8 heteroatoms. The summed E-state index contributed by atoms with van der Waals surface area (Å²) in [6.07, 6.45) is 2.89. The summed E-state index contributed by atoms with van der Waals surface area (Å²) in [6.45, 7) is 9.98. The number of carbonyl (C=O) groups is 1. The van der Waals surface area contributed by atoms with E-state index in [9.17, 15) is 4.79 Å². The zero-order valence-corrected chi connectivity index (χ0v) is 16.1. The standard InChI is InChI=1S/C22H19N5O3/c1-24-19(15-23)14-17-2-8-21(9-3-17)30-22(28)18-4-6-20(7-5-18)27-12-10-26(11-13-27)16-25-29/h2-9,14,16,29H,10-13H2. The summed E-state index contributed by atoms with van der Waals surface area (Å²) in [5.41, 5.74) is 2.12. The number of rotatable bonds is 5. The lowest BCUT2D eigenvalue weighted by atomic mass is 10.1. The van der Waals surface area contributed by atoms with Crippen LogP contribution in [-0.4, -0.2) is 48.6 Å². The van der Waals surface area contributed by atoms with Gasteiger partial charge in [-0.2, -0.15) is 0 Å². The molecule has 1 N–H and O–H groups in total. The van der Waals surface area contributed by atoms with Crippen LogP contribution in [0.25, 0.3) is 10.9 Å². The second-order valence-electron chi connectivity index (χ2n) is 6.51. The SMILES string of the molecule is [C-]#[N+]C(C#N)=Cc1ccc(OC(=O)c2ccc(N3CCN(C=NO)CC3)cc2)cc1. The zero-order chi connectivity index (χ0) is 21.3. The van der Waals surface area contributed by atoms with Crippen molar-refractivity contribution in [2.45, 2.75) is 0 Å². The molecule has 0 radical (unpaired) electrons. The summed E-state index contributed by atoms with van der Waals surface area (Å²) in [5.74, 6) is -0.0862. The second kappa shape index (κ2) is 9.76. The maximum atomic E-state index is 12.4. The zero-order valence-electron chi connectivity index (χ0n) is 16.1. The van der Waals surface area contributed by atoms with Gasteiger partial charge < -0.3 is 19.7 Å². The van der Waals surface area contributed by atoms with E-state index in [1.54, 1.807) is 42.5 Å². The van der Waals surface area contributed by atoms with Gasteiger partial charge in [0, 0.05) is 31.9 Å². The molecule has 0 aliphatic carbocycles. The molecule has 0 atom stereocenters. The molecule has 1 aliphatic rings. The van der Waals surface area contributed by atoms with Crippen LogP contribution in [-0.2, 0) is 0 Å². The number of piperazine rings is 1. The molecule has 0 spiro atoms. The third kappa shape index (κ3) is 5.15.